The average Bonchev–Trinajstić information content (AvgIpc) is 2.60. The Labute approximate surface area is 138 Å². The van der Waals surface area contributed by atoms with Crippen molar-refractivity contribution in [3.8, 4) is 0 Å². The number of fused-ring (bicyclic) bond motifs is 1. The van der Waals surface area contributed by atoms with Crippen LogP contribution in [0.2, 0.25) is 0 Å². The Bertz CT molecular complexity index is 688. The zero-order chi connectivity index (χ0) is 16.4. The molecule has 2 aliphatic carbocycles. The number of aryl methyl sites for hydroxylation is 1. The Morgan fingerprint density at radius 2 is 1.83 bits per heavy atom. The maximum Gasteiger partial charge on any atom is 0.239 e. The molecule has 0 unspecified atom stereocenters. The highest BCUT2D eigenvalue weighted by Crippen LogP contribution is 2.33. The Kier molecular flexibility index (Phi) is 4.90. The Morgan fingerprint density at radius 1 is 1.13 bits per heavy atom. The van der Waals surface area contributed by atoms with Crippen molar-refractivity contribution >= 4 is 16.1 Å². The maximum atomic E-state index is 13.0. The molecule has 1 fully saturated rings. The van der Waals surface area contributed by atoms with Crippen LogP contribution in [0.3, 0.4) is 0 Å². The summed E-state index contributed by atoms with van der Waals surface area (Å²) in [7, 11) is -1.69. The lowest BCUT2D eigenvalue weighted by molar-refractivity contribution is 0.159. The van der Waals surface area contributed by atoms with Crippen molar-refractivity contribution in [1.29, 1.82) is 0 Å². The van der Waals surface area contributed by atoms with Crippen LogP contribution >= 0.6 is 0 Å². The first-order valence-corrected chi connectivity index (χ1v) is 9.83. The molecule has 1 aromatic carbocycles. The highest BCUT2D eigenvalue weighted by molar-refractivity contribution is 7.93. The fraction of sp³-hybridized carbons (Fsp3) is 0.556. The third-order valence-corrected chi connectivity index (χ3v) is 7.35. The van der Waals surface area contributed by atoms with Crippen molar-refractivity contribution in [2.45, 2.75) is 44.6 Å². The van der Waals surface area contributed by atoms with E-state index in [-0.39, 0.29) is 12.6 Å². The van der Waals surface area contributed by atoms with Gasteiger partial charge in [0.05, 0.1) is 4.91 Å². The molecular formula is C18H25NO3S. The lowest BCUT2D eigenvalue weighted by Gasteiger charge is -2.34. The zero-order valence-electron chi connectivity index (χ0n) is 13.6. The second-order valence-electron chi connectivity index (χ2n) is 6.69. The molecular weight excluding hydrogens is 310 g/mol. The number of aliphatic hydroxyl groups excluding tert-OH is 1. The standard InChI is InChI=1S/C18H25NO3S/c1-19(17-9-6-14(13-20)7-10-17)23(21,22)18-11-8-15-4-2-3-5-16(15)12-18/h2-5,12,14,17,20H,6-11,13H2,1H3. The van der Waals surface area contributed by atoms with E-state index in [4.69, 9.17) is 0 Å². The van der Waals surface area contributed by atoms with E-state index in [0.717, 1.165) is 37.7 Å². The highest BCUT2D eigenvalue weighted by Gasteiger charge is 2.33. The molecule has 1 aromatic rings. The third-order valence-electron chi connectivity index (χ3n) is 5.31. The zero-order valence-corrected chi connectivity index (χ0v) is 14.4. The van der Waals surface area contributed by atoms with Crippen molar-refractivity contribution < 1.29 is 13.5 Å². The van der Waals surface area contributed by atoms with Gasteiger partial charge in [-0.3, -0.25) is 0 Å². The van der Waals surface area contributed by atoms with Gasteiger partial charge in [0.2, 0.25) is 10.0 Å². The van der Waals surface area contributed by atoms with Crippen LogP contribution in [0.15, 0.2) is 29.2 Å². The van der Waals surface area contributed by atoms with E-state index in [0.29, 0.717) is 17.2 Å². The van der Waals surface area contributed by atoms with Crippen LogP contribution in [0.4, 0.5) is 0 Å². The van der Waals surface area contributed by atoms with E-state index in [1.54, 1.807) is 11.4 Å². The number of rotatable bonds is 4. The van der Waals surface area contributed by atoms with Gasteiger partial charge in [0.25, 0.3) is 0 Å². The number of benzene rings is 1. The van der Waals surface area contributed by atoms with Crippen LogP contribution in [0.5, 0.6) is 0 Å². The van der Waals surface area contributed by atoms with Gasteiger partial charge in [-0.1, -0.05) is 24.3 Å². The minimum Gasteiger partial charge on any atom is -0.396 e. The summed E-state index contributed by atoms with van der Waals surface area (Å²) in [5, 5.41) is 9.23. The predicted molar refractivity (Wildman–Crippen MR) is 92.3 cm³/mol. The van der Waals surface area contributed by atoms with Gasteiger partial charge in [-0.05, 0) is 61.6 Å². The lowest BCUT2D eigenvalue weighted by Crippen LogP contribution is -2.40. The second-order valence-corrected chi connectivity index (χ2v) is 8.74. The molecule has 2 aliphatic rings. The van der Waals surface area contributed by atoms with Crippen molar-refractivity contribution in [1.82, 2.24) is 4.31 Å². The summed E-state index contributed by atoms with van der Waals surface area (Å²) in [5.74, 6) is 0.336. The summed E-state index contributed by atoms with van der Waals surface area (Å²) in [4.78, 5) is 0.531. The average molecular weight is 335 g/mol. The summed E-state index contributed by atoms with van der Waals surface area (Å²) in [6, 6.07) is 8.05. The molecule has 0 aliphatic heterocycles. The molecule has 0 amide bonds. The van der Waals surface area contributed by atoms with Crippen molar-refractivity contribution in [3.05, 3.63) is 40.3 Å². The number of sulfonamides is 1. The van der Waals surface area contributed by atoms with Crippen LogP contribution in [0, 0.1) is 5.92 Å². The molecule has 0 radical (unpaired) electrons. The van der Waals surface area contributed by atoms with Gasteiger partial charge in [-0.25, -0.2) is 8.42 Å². The number of hydrogen-bond acceptors (Lipinski definition) is 3. The molecule has 0 spiro atoms. The van der Waals surface area contributed by atoms with Crippen LogP contribution in [-0.4, -0.2) is 37.5 Å². The molecule has 0 heterocycles. The van der Waals surface area contributed by atoms with Gasteiger partial charge >= 0.3 is 0 Å². The van der Waals surface area contributed by atoms with Crippen molar-refractivity contribution in [2.24, 2.45) is 5.92 Å². The fourth-order valence-corrected chi connectivity index (χ4v) is 5.29. The third kappa shape index (κ3) is 3.37. The molecule has 0 aromatic heterocycles. The number of aliphatic hydroxyl groups is 1. The number of allylic oxidation sites excluding steroid dienone is 1. The molecule has 126 valence electrons. The predicted octanol–water partition coefficient (Wildman–Crippen LogP) is 2.79. The largest absolute Gasteiger partial charge is 0.396 e. The molecule has 4 nitrogen and oxygen atoms in total. The molecule has 3 rings (SSSR count). The molecule has 5 heteroatoms. The summed E-state index contributed by atoms with van der Waals surface area (Å²) >= 11 is 0. The summed E-state index contributed by atoms with van der Waals surface area (Å²) in [6.45, 7) is 0.213. The fourth-order valence-electron chi connectivity index (χ4n) is 3.68. The first kappa shape index (κ1) is 16.7. The van der Waals surface area contributed by atoms with Gasteiger partial charge in [-0.2, -0.15) is 4.31 Å². The van der Waals surface area contributed by atoms with Gasteiger partial charge in [0, 0.05) is 19.7 Å². The van der Waals surface area contributed by atoms with Crippen LogP contribution in [-0.2, 0) is 16.4 Å². The highest BCUT2D eigenvalue weighted by atomic mass is 32.2. The Balaban J connectivity index is 1.78. The van der Waals surface area contributed by atoms with E-state index >= 15 is 0 Å². The van der Waals surface area contributed by atoms with E-state index in [1.165, 1.54) is 5.56 Å². The molecule has 0 atom stereocenters. The molecule has 23 heavy (non-hydrogen) atoms. The smallest absolute Gasteiger partial charge is 0.239 e. The number of hydrogen-bond donors (Lipinski definition) is 1. The minimum absolute atomic E-state index is 0.0564. The normalized spacial score (nSPS) is 25.1. The summed E-state index contributed by atoms with van der Waals surface area (Å²) in [6.07, 6.45) is 6.69. The Hall–Kier alpha value is -1.17. The van der Waals surface area contributed by atoms with Gasteiger partial charge in [0.15, 0.2) is 0 Å². The van der Waals surface area contributed by atoms with Crippen molar-refractivity contribution in [2.75, 3.05) is 13.7 Å². The van der Waals surface area contributed by atoms with Crippen molar-refractivity contribution in [3.63, 3.8) is 0 Å². The van der Waals surface area contributed by atoms with Crippen LogP contribution < -0.4 is 0 Å². The lowest BCUT2D eigenvalue weighted by atomic mass is 9.87. The van der Waals surface area contributed by atoms with Crippen LogP contribution in [0.1, 0.15) is 43.2 Å². The molecule has 1 N–H and O–H groups in total. The van der Waals surface area contributed by atoms with E-state index < -0.39 is 10.0 Å². The van der Waals surface area contributed by atoms with Gasteiger partial charge < -0.3 is 5.11 Å². The van der Waals surface area contributed by atoms with E-state index in [9.17, 15) is 13.5 Å². The summed E-state index contributed by atoms with van der Waals surface area (Å²) in [5.41, 5.74) is 2.24. The van der Waals surface area contributed by atoms with Gasteiger partial charge in [0.1, 0.15) is 0 Å². The monoisotopic (exact) mass is 335 g/mol. The SMILES string of the molecule is CN(C1CCC(CO)CC1)S(=O)(=O)C1=Cc2ccccc2CC1. The summed E-state index contributed by atoms with van der Waals surface area (Å²) < 4.78 is 27.5. The molecule has 0 bridgehead atoms. The number of nitrogens with zero attached hydrogens (tertiary/aromatic N) is 1. The van der Waals surface area contributed by atoms with Crippen LogP contribution in [0.25, 0.3) is 6.08 Å². The minimum atomic E-state index is -3.40. The first-order chi connectivity index (χ1) is 11.0. The Morgan fingerprint density at radius 3 is 2.52 bits per heavy atom. The quantitative estimate of drug-likeness (QED) is 0.920. The first-order valence-electron chi connectivity index (χ1n) is 8.39. The molecule has 0 saturated heterocycles. The second kappa shape index (κ2) is 6.75. The molecule has 1 saturated carbocycles. The topological polar surface area (TPSA) is 57.6 Å². The van der Waals surface area contributed by atoms with E-state index in [1.807, 2.05) is 24.3 Å². The van der Waals surface area contributed by atoms with Gasteiger partial charge in [-0.15, -0.1) is 0 Å². The maximum absolute atomic E-state index is 13.0. The van der Waals surface area contributed by atoms with E-state index in [2.05, 4.69) is 6.07 Å².